The first kappa shape index (κ1) is 53.7. The van der Waals surface area contributed by atoms with Gasteiger partial charge in [-0.15, -0.1) is 0 Å². The van der Waals surface area contributed by atoms with Gasteiger partial charge in [0.05, 0.1) is 19.8 Å². The number of nitrogens with two attached hydrogens (primary N) is 1. The lowest BCUT2D eigenvalue weighted by Crippen LogP contribution is -2.28. The smallest absolute Gasteiger partial charge is 0.457 e. The van der Waals surface area contributed by atoms with Crippen LogP contribution in [0.4, 0.5) is 0 Å². The predicted octanol–water partition coefficient (Wildman–Crippen LogP) is 13.3. The molecule has 2 atom stereocenters. The minimum atomic E-state index is -4.29. The van der Waals surface area contributed by atoms with Crippen molar-refractivity contribution in [1.82, 2.24) is 0 Å². The van der Waals surface area contributed by atoms with Gasteiger partial charge in [0.15, 0.2) is 0 Å². The molecule has 0 fully saturated rings. The zero-order chi connectivity index (χ0) is 40.9. The minimum absolute atomic E-state index is 0.0906. The lowest BCUT2D eigenvalue weighted by molar-refractivity contribution is -0.154. The maximum atomic E-state index is 12.6. The van der Waals surface area contributed by atoms with Crippen molar-refractivity contribution >= 4 is 13.8 Å². The Kier molecular flexibility index (Phi) is 42.0. The average molecular weight is 804 g/mol. The number of hydrogen-bond acceptors (Lipinski definition) is 7. The summed E-state index contributed by atoms with van der Waals surface area (Å²) in [6, 6.07) is 0. The van der Waals surface area contributed by atoms with Gasteiger partial charge in [0.2, 0.25) is 0 Å². The molecule has 9 heteroatoms. The predicted molar refractivity (Wildman–Crippen MR) is 238 cm³/mol. The Balaban J connectivity index is 4.09. The summed E-state index contributed by atoms with van der Waals surface area (Å²) in [4.78, 5) is 22.5. The van der Waals surface area contributed by atoms with E-state index >= 15 is 0 Å². The molecular formula is C47H82NO7P. The molecule has 2 unspecified atom stereocenters. The third-order valence-corrected chi connectivity index (χ3v) is 9.78. The topological polar surface area (TPSA) is 117 Å². The molecule has 0 spiro atoms. The van der Waals surface area contributed by atoms with E-state index in [1.54, 1.807) is 0 Å². The maximum absolute atomic E-state index is 12.6. The van der Waals surface area contributed by atoms with Crippen molar-refractivity contribution in [2.45, 2.75) is 174 Å². The van der Waals surface area contributed by atoms with Crippen molar-refractivity contribution in [3.05, 3.63) is 85.1 Å². The number of hydrogen-bond donors (Lipinski definition) is 2. The first-order valence-electron chi connectivity index (χ1n) is 22.1. The van der Waals surface area contributed by atoms with Crippen molar-refractivity contribution in [2.24, 2.45) is 5.73 Å². The van der Waals surface area contributed by atoms with Crippen LogP contribution in [-0.4, -0.2) is 49.9 Å². The summed E-state index contributed by atoms with van der Waals surface area (Å²) < 4.78 is 33.4. The Hall–Kier alpha value is -2.32. The SMILES string of the molecule is CC/C=C\C/C=C\C/C=C\C/C=C\C/C=C\CCCCCCCCOCC(COP(=O)(O)OCCN)OC(=O)CCCCCCC/C=C\C/C=C\CCCCC. The van der Waals surface area contributed by atoms with E-state index in [0.29, 0.717) is 13.0 Å². The molecule has 0 aromatic carbocycles. The van der Waals surface area contributed by atoms with Crippen LogP contribution < -0.4 is 5.73 Å². The van der Waals surface area contributed by atoms with Crippen molar-refractivity contribution in [2.75, 3.05) is 33.0 Å². The summed E-state index contributed by atoms with van der Waals surface area (Å²) in [6.45, 7) is 4.70. The molecule has 56 heavy (non-hydrogen) atoms. The summed E-state index contributed by atoms with van der Waals surface area (Å²) in [6.07, 6.45) is 56.0. The normalized spacial score (nSPS) is 14.3. The van der Waals surface area contributed by atoms with Crippen molar-refractivity contribution < 1.29 is 32.8 Å². The highest BCUT2D eigenvalue weighted by Gasteiger charge is 2.25. The molecule has 0 amide bonds. The first-order chi connectivity index (χ1) is 27.4. The van der Waals surface area contributed by atoms with Gasteiger partial charge in [-0.3, -0.25) is 13.8 Å². The van der Waals surface area contributed by atoms with Gasteiger partial charge in [0, 0.05) is 19.6 Å². The molecule has 0 bridgehead atoms. The quantitative estimate of drug-likeness (QED) is 0.0272. The standard InChI is InChI=1S/C47H82NO7P/c1-3-5-7-9-11-13-15-17-19-20-21-22-23-24-25-27-29-31-33-35-37-39-42-52-44-46(45-54-56(50,51)53-43-41-48)55-47(49)40-38-36-34-32-30-28-26-18-16-14-12-10-8-6-4-2/h5,7,11-14,17-19,21-22,24-26,46H,3-4,6,8-10,15-16,20,23,27-45,48H2,1-2H3,(H,50,51)/b7-5-,13-11-,14-12-,19-17-,22-21-,25-24-,26-18-. The summed E-state index contributed by atoms with van der Waals surface area (Å²) in [5.41, 5.74) is 5.37. The van der Waals surface area contributed by atoms with Crippen LogP contribution in [0.1, 0.15) is 168 Å². The Morgan fingerprint density at radius 3 is 1.50 bits per heavy atom. The van der Waals surface area contributed by atoms with Gasteiger partial charge in [0.1, 0.15) is 6.10 Å². The number of allylic oxidation sites excluding steroid dienone is 14. The van der Waals surface area contributed by atoms with Crippen LogP contribution in [-0.2, 0) is 27.9 Å². The van der Waals surface area contributed by atoms with Crippen molar-refractivity contribution in [3.63, 3.8) is 0 Å². The molecule has 0 aromatic heterocycles. The molecule has 0 saturated heterocycles. The number of rotatable bonds is 41. The van der Waals surface area contributed by atoms with Gasteiger partial charge in [-0.2, -0.15) is 0 Å². The van der Waals surface area contributed by atoms with Gasteiger partial charge in [-0.05, 0) is 89.9 Å². The zero-order valence-corrected chi connectivity index (χ0v) is 36.5. The van der Waals surface area contributed by atoms with Gasteiger partial charge < -0.3 is 20.1 Å². The van der Waals surface area contributed by atoms with Crippen LogP contribution in [0.5, 0.6) is 0 Å². The van der Waals surface area contributed by atoms with E-state index in [0.717, 1.165) is 103 Å². The molecule has 0 aliphatic heterocycles. The highest BCUT2D eigenvalue weighted by molar-refractivity contribution is 7.47. The van der Waals surface area contributed by atoms with E-state index in [-0.39, 0.29) is 32.3 Å². The lowest BCUT2D eigenvalue weighted by Gasteiger charge is -2.20. The number of ether oxygens (including phenoxy) is 2. The summed E-state index contributed by atoms with van der Waals surface area (Å²) in [5, 5.41) is 0. The Morgan fingerprint density at radius 2 is 1.00 bits per heavy atom. The Bertz CT molecular complexity index is 1130. The van der Waals surface area contributed by atoms with Crippen LogP contribution in [0.15, 0.2) is 85.1 Å². The van der Waals surface area contributed by atoms with Gasteiger partial charge in [-0.1, -0.05) is 157 Å². The van der Waals surface area contributed by atoms with Crippen LogP contribution >= 0.6 is 7.82 Å². The molecule has 0 rings (SSSR count). The maximum Gasteiger partial charge on any atom is 0.472 e. The van der Waals surface area contributed by atoms with E-state index in [1.165, 1.54) is 44.9 Å². The summed E-state index contributed by atoms with van der Waals surface area (Å²) >= 11 is 0. The molecule has 0 aromatic rings. The lowest BCUT2D eigenvalue weighted by atomic mass is 10.1. The second-order valence-corrected chi connectivity index (χ2v) is 15.6. The number of phosphoric ester groups is 1. The van der Waals surface area contributed by atoms with E-state index in [1.807, 2.05) is 0 Å². The van der Waals surface area contributed by atoms with Crippen LogP contribution in [0.25, 0.3) is 0 Å². The first-order valence-corrected chi connectivity index (χ1v) is 23.6. The van der Waals surface area contributed by atoms with Crippen LogP contribution in [0.2, 0.25) is 0 Å². The highest BCUT2D eigenvalue weighted by Crippen LogP contribution is 2.43. The molecule has 322 valence electrons. The average Bonchev–Trinajstić information content (AvgIpc) is 3.19. The monoisotopic (exact) mass is 804 g/mol. The number of carbonyl (C=O) groups excluding carboxylic acids is 1. The van der Waals surface area contributed by atoms with Gasteiger partial charge in [-0.25, -0.2) is 4.57 Å². The van der Waals surface area contributed by atoms with Crippen molar-refractivity contribution in [3.8, 4) is 0 Å². The second-order valence-electron chi connectivity index (χ2n) is 14.2. The molecule has 0 aliphatic carbocycles. The number of unbranched alkanes of at least 4 members (excludes halogenated alkanes) is 14. The number of phosphoric acid groups is 1. The third-order valence-electron chi connectivity index (χ3n) is 8.80. The fourth-order valence-corrected chi connectivity index (χ4v) is 6.35. The van der Waals surface area contributed by atoms with Crippen molar-refractivity contribution in [1.29, 1.82) is 0 Å². The van der Waals surface area contributed by atoms with Gasteiger partial charge >= 0.3 is 13.8 Å². The van der Waals surface area contributed by atoms with Crippen LogP contribution in [0, 0.1) is 0 Å². The Morgan fingerprint density at radius 1 is 0.554 bits per heavy atom. The second kappa shape index (κ2) is 43.8. The molecule has 8 nitrogen and oxygen atoms in total. The third kappa shape index (κ3) is 42.8. The minimum Gasteiger partial charge on any atom is -0.457 e. The summed E-state index contributed by atoms with van der Waals surface area (Å²) in [7, 11) is -4.29. The Labute approximate surface area is 343 Å². The van der Waals surface area contributed by atoms with E-state index < -0.39 is 13.9 Å². The molecule has 0 aliphatic rings. The molecule has 0 saturated carbocycles. The zero-order valence-electron chi connectivity index (χ0n) is 35.6. The molecule has 3 N–H and O–H groups in total. The van der Waals surface area contributed by atoms with E-state index in [2.05, 4.69) is 98.9 Å². The number of esters is 1. The summed E-state index contributed by atoms with van der Waals surface area (Å²) in [5.74, 6) is -0.354. The highest BCUT2D eigenvalue weighted by atomic mass is 31.2. The largest absolute Gasteiger partial charge is 0.472 e. The van der Waals surface area contributed by atoms with E-state index in [9.17, 15) is 14.3 Å². The molecule has 0 heterocycles. The van der Waals surface area contributed by atoms with Crippen LogP contribution in [0.3, 0.4) is 0 Å². The fraction of sp³-hybridized carbons (Fsp3) is 0.681. The van der Waals surface area contributed by atoms with Gasteiger partial charge in [0.25, 0.3) is 0 Å². The number of carbonyl (C=O) groups is 1. The fourth-order valence-electron chi connectivity index (χ4n) is 5.58. The molecular weight excluding hydrogens is 721 g/mol. The van der Waals surface area contributed by atoms with E-state index in [4.69, 9.17) is 24.3 Å². The molecule has 0 radical (unpaired) electrons.